The quantitative estimate of drug-likeness (QED) is 0.637. The van der Waals surface area contributed by atoms with Gasteiger partial charge in [0.25, 0.3) is 0 Å². The SMILES string of the molecule is CN(C)CCOCCNC(=O)N1CCC(CC(=O)O)CC1. The third-order valence-electron chi connectivity index (χ3n) is 3.57. The van der Waals surface area contributed by atoms with Crippen LogP contribution in [-0.2, 0) is 9.53 Å². The number of nitrogens with zero attached hydrogens (tertiary/aromatic N) is 2. The molecule has 0 aliphatic carbocycles. The number of carbonyl (C=O) groups excluding carboxylic acids is 1. The fraction of sp³-hybridized carbons (Fsp3) is 0.857. The second-order valence-corrected chi connectivity index (χ2v) is 5.68. The maximum absolute atomic E-state index is 11.9. The van der Waals surface area contributed by atoms with E-state index in [0.717, 1.165) is 19.4 Å². The summed E-state index contributed by atoms with van der Waals surface area (Å²) in [5.41, 5.74) is 0. The van der Waals surface area contributed by atoms with Crippen molar-refractivity contribution in [2.45, 2.75) is 19.3 Å². The van der Waals surface area contributed by atoms with Crippen LogP contribution in [0.1, 0.15) is 19.3 Å². The molecule has 21 heavy (non-hydrogen) atoms. The van der Waals surface area contributed by atoms with Crippen LogP contribution < -0.4 is 5.32 Å². The maximum atomic E-state index is 11.9. The fourth-order valence-electron chi connectivity index (χ4n) is 2.28. The number of likely N-dealkylation sites (N-methyl/N-ethyl adjacent to an activating group) is 1. The van der Waals surface area contributed by atoms with Gasteiger partial charge in [-0.15, -0.1) is 0 Å². The summed E-state index contributed by atoms with van der Waals surface area (Å²) in [6.07, 6.45) is 1.73. The zero-order chi connectivity index (χ0) is 15.7. The molecular weight excluding hydrogens is 274 g/mol. The molecule has 1 fully saturated rings. The summed E-state index contributed by atoms with van der Waals surface area (Å²) < 4.78 is 5.40. The third-order valence-corrected chi connectivity index (χ3v) is 3.57. The number of hydrogen-bond acceptors (Lipinski definition) is 4. The molecule has 0 saturated carbocycles. The van der Waals surface area contributed by atoms with Gasteiger partial charge in [0, 0.05) is 32.6 Å². The van der Waals surface area contributed by atoms with Gasteiger partial charge in [-0.25, -0.2) is 4.79 Å². The van der Waals surface area contributed by atoms with Crippen molar-refractivity contribution in [3.8, 4) is 0 Å². The van der Waals surface area contributed by atoms with Gasteiger partial charge in [-0.3, -0.25) is 4.79 Å². The van der Waals surface area contributed by atoms with E-state index in [4.69, 9.17) is 9.84 Å². The second-order valence-electron chi connectivity index (χ2n) is 5.68. The van der Waals surface area contributed by atoms with Gasteiger partial charge in [0.1, 0.15) is 0 Å². The lowest BCUT2D eigenvalue weighted by Crippen LogP contribution is -2.45. The van der Waals surface area contributed by atoms with Gasteiger partial charge in [-0.1, -0.05) is 0 Å². The topological polar surface area (TPSA) is 82.1 Å². The molecule has 1 aliphatic heterocycles. The van der Waals surface area contributed by atoms with E-state index < -0.39 is 5.97 Å². The molecule has 0 aromatic carbocycles. The molecular formula is C14H27N3O4. The Hall–Kier alpha value is -1.34. The Labute approximate surface area is 126 Å². The van der Waals surface area contributed by atoms with E-state index in [1.807, 2.05) is 19.0 Å². The minimum atomic E-state index is -0.757. The van der Waals surface area contributed by atoms with E-state index in [1.165, 1.54) is 0 Å². The number of carboxylic acid groups (broad SMARTS) is 1. The lowest BCUT2D eigenvalue weighted by Gasteiger charge is -2.31. The van der Waals surface area contributed by atoms with Gasteiger partial charge < -0.3 is 25.0 Å². The number of amides is 2. The zero-order valence-electron chi connectivity index (χ0n) is 13.0. The summed E-state index contributed by atoms with van der Waals surface area (Å²) in [4.78, 5) is 26.3. The van der Waals surface area contributed by atoms with Crippen LogP contribution in [0.2, 0.25) is 0 Å². The van der Waals surface area contributed by atoms with E-state index in [1.54, 1.807) is 4.90 Å². The van der Waals surface area contributed by atoms with Crippen LogP contribution in [0.4, 0.5) is 4.79 Å². The molecule has 2 amide bonds. The van der Waals surface area contributed by atoms with Crippen molar-refractivity contribution < 1.29 is 19.4 Å². The van der Waals surface area contributed by atoms with Crippen molar-refractivity contribution in [3.05, 3.63) is 0 Å². The Bertz CT molecular complexity index is 328. The summed E-state index contributed by atoms with van der Waals surface area (Å²) in [6.45, 7) is 3.79. The molecule has 7 heteroatoms. The number of carboxylic acids is 1. The van der Waals surface area contributed by atoms with Crippen LogP contribution >= 0.6 is 0 Å². The first-order valence-corrected chi connectivity index (χ1v) is 7.46. The summed E-state index contributed by atoms with van der Waals surface area (Å²) in [7, 11) is 3.97. The number of ether oxygens (including phenoxy) is 1. The number of hydrogen-bond donors (Lipinski definition) is 2. The standard InChI is InChI=1S/C14H27N3O4/c1-16(2)8-10-21-9-5-15-14(20)17-6-3-12(4-7-17)11-13(18)19/h12H,3-11H2,1-2H3,(H,15,20)(H,18,19). The average Bonchev–Trinajstić information content (AvgIpc) is 2.42. The van der Waals surface area contributed by atoms with Crippen LogP contribution in [0.15, 0.2) is 0 Å². The minimum absolute atomic E-state index is 0.0833. The van der Waals surface area contributed by atoms with E-state index in [9.17, 15) is 9.59 Å². The van der Waals surface area contributed by atoms with Crippen molar-refractivity contribution in [1.82, 2.24) is 15.1 Å². The number of rotatable bonds is 8. The minimum Gasteiger partial charge on any atom is -0.481 e. The van der Waals surface area contributed by atoms with Crippen LogP contribution in [0.25, 0.3) is 0 Å². The van der Waals surface area contributed by atoms with Gasteiger partial charge in [-0.05, 0) is 32.9 Å². The molecule has 2 N–H and O–H groups in total. The van der Waals surface area contributed by atoms with Gasteiger partial charge in [-0.2, -0.15) is 0 Å². The number of nitrogens with one attached hydrogen (secondary N) is 1. The summed E-state index contributed by atoms with van der Waals surface area (Å²) >= 11 is 0. The van der Waals surface area contributed by atoms with Crippen LogP contribution in [0, 0.1) is 5.92 Å². The van der Waals surface area contributed by atoms with Gasteiger partial charge >= 0.3 is 12.0 Å². The molecule has 1 rings (SSSR count). The molecule has 1 aliphatic rings. The molecule has 0 aromatic heterocycles. The third kappa shape index (κ3) is 7.87. The Morgan fingerprint density at radius 3 is 2.52 bits per heavy atom. The molecule has 0 bridgehead atoms. The molecule has 0 radical (unpaired) electrons. The molecule has 0 unspecified atom stereocenters. The molecule has 122 valence electrons. The first-order valence-electron chi connectivity index (χ1n) is 7.46. The molecule has 1 saturated heterocycles. The summed E-state index contributed by atoms with van der Waals surface area (Å²) in [5, 5.41) is 11.6. The lowest BCUT2D eigenvalue weighted by atomic mass is 9.94. The number of piperidine rings is 1. The first-order chi connectivity index (χ1) is 9.99. The largest absolute Gasteiger partial charge is 0.481 e. The Balaban J connectivity index is 2.07. The highest BCUT2D eigenvalue weighted by Gasteiger charge is 2.23. The fourth-order valence-corrected chi connectivity index (χ4v) is 2.28. The molecule has 1 heterocycles. The summed E-state index contributed by atoms with van der Waals surface area (Å²) in [6, 6.07) is -0.0833. The molecule has 0 aromatic rings. The normalized spacial score (nSPS) is 16.2. The highest BCUT2D eigenvalue weighted by molar-refractivity contribution is 5.74. The van der Waals surface area contributed by atoms with E-state index in [-0.39, 0.29) is 18.4 Å². The smallest absolute Gasteiger partial charge is 0.317 e. The zero-order valence-corrected chi connectivity index (χ0v) is 13.0. The van der Waals surface area contributed by atoms with Crippen LogP contribution in [0.3, 0.4) is 0 Å². The number of likely N-dealkylation sites (tertiary alicyclic amines) is 1. The predicted molar refractivity (Wildman–Crippen MR) is 79.3 cm³/mol. The van der Waals surface area contributed by atoms with Gasteiger partial charge in [0.05, 0.1) is 13.2 Å². The van der Waals surface area contributed by atoms with Crippen molar-refractivity contribution in [2.75, 3.05) is 53.5 Å². The van der Waals surface area contributed by atoms with E-state index in [0.29, 0.717) is 32.8 Å². The number of aliphatic carboxylic acids is 1. The van der Waals surface area contributed by atoms with Crippen LogP contribution in [-0.4, -0.2) is 80.4 Å². The van der Waals surface area contributed by atoms with E-state index >= 15 is 0 Å². The lowest BCUT2D eigenvalue weighted by molar-refractivity contribution is -0.138. The Morgan fingerprint density at radius 2 is 1.95 bits per heavy atom. The molecule has 0 atom stereocenters. The number of carbonyl (C=O) groups is 2. The van der Waals surface area contributed by atoms with E-state index in [2.05, 4.69) is 5.32 Å². The first kappa shape index (κ1) is 17.7. The molecule has 7 nitrogen and oxygen atoms in total. The average molecular weight is 301 g/mol. The number of urea groups is 1. The molecule has 0 spiro atoms. The van der Waals surface area contributed by atoms with Crippen molar-refractivity contribution >= 4 is 12.0 Å². The van der Waals surface area contributed by atoms with Crippen molar-refractivity contribution in [1.29, 1.82) is 0 Å². The second kappa shape index (κ2) is 9.57. The van der Waals surface area contributed by atoms with Gasteiger partial charge in [0.2, 0.25) is 0 Å². The highest BCUT2D eigenvalue weighted by atomic mass is 16.5. The maximum Gasteiger partial charge on any atom is 0.317 e. The summed E-state index contributed by atoms with van der Waals surface area (Å²) in [5.74, 6) is -0.561. The van der Waals surface area contributed by atoms with Crippen LogP contribution in [0.5, 0.6) is 0 Å². The van der Waals surface area contributed by atoms with Crippen molar-refractivity contribution in [2.24, 2.45) is 5.92 Å². The van der Waals surface area contributed by atoms with Gasteiger partial charge in [0.15, 0.2) is 0 Å². The van der Waals surface area contributed by atoms with Crippen molar-refractivity contribution in [3.63, 3.8) is 0 Å². The predicted octanol–water partition coefficient (Wildman–Crippen LogP) is 0.461. The monoisotopic (exact) mass is 301 g/mol. The highest BCUT2D eigenvalue weighted by Crippen LogP contribution is 2.20. The Morgan fingerprint density at radius 1 is 1.29 bits per heavy atom. The Kier molecular flexibility index (Phi) is 8.07.